The molecule has 2 aromatic carbocycles. The average molecular weight is 674 g/mol. The van der Waals surface area contributed by atoms with Crippen LogP contribution in [-0.4, -0.2) is 104 Å². The van der Waals surface area contributed by atoms with Crippen molar-refractivity contribution in [2.45, 2.75) is 48.6 Å². The molecule has 16 nitrogen and oxygen atoms in total. The Labute approximate surface area is 273 Å². The number of esters is 1. The number of fused-ring (bicyclic) bond motifs is 6. The van der Waals surface area contributed by atoms with Crippen LogP contribution in [0.25, 0.3) is 0 Å². The Morgan fingerprint density at radius 2 is 1.85 bits per heavy atom. The van der Waals surface area contributed by atoms with E-state index < -0.39 is 55.2 Å². The summed E-state index contributed by atoms with van der Waals surface area (Å²) < 4.78 is 46.6. The molecule has 0 bridgehead atoms. The largest absolute Gasteiger partial charge is 0.492 e. The molecule has 1 fully saturated rings. The minimum atomic E-state index is -1.65. The molecule has 2 aromatic rings. The number of carboxylic acid groups (broad SMARTS) is 1. The van der Waals surface area contributed by atoms with Gasteiger partial charge in [0, 0.05) is 29.7 Å². The van der Waals surface area contributed by atoms with Gasteiger partial charge >= 0.3 is 11.9 Å². The van der Waals surface area contributed by atoms with Gasteiger partial charge in [-0.3, -0.25) is 9.59 Å². The topological polar surface area (TPSA) is 213 Å². The number of ether oxygens (including phenoxy) is 8. The maximum Gasteiger partial charge on any atom is 0.317 e. The number of benzene rings is 2. The van der Waals surface area contributed by atoms with E-state index in [2.05, 4.69) is 0 Å². The van der Waals surface area contributed by atoms with Crippen molar-refractivity contribution in [2.24, 2.45) is 11.7 Å². The van der Waals surface area contributed by atoms with Gasteiger partial charge in [-0.05, 0) is 24.3 Å². The van der Waals surface area contributed by atoms with Crippen LogP contribution in [0.4, 0.5) is 0 Å². The third-order valence-electron chi connectivity index (χ3n) is 8.83. The maximum absolute atomic E-state index is 12.1. The second-order valence-corrected chi connectivity index (χ2v) is 11.9. The van der Waals surface area contributed by atoms with Gasteiger partial charge in [0.25, 0.3) is 0 Å². The number of carboxylic acids is 1. The fourth-order valence-electron chi connectivity index (χ4n) is 6.40. The van der Waals surface area contributed by atoms with Gasteiger partial charge in [-0.2, -0.15) is 4.89 Å². The standard InChI is InChI=1S/C32H35NO15/c33-5-6-39-31-29(30(38)32(4-3-16(11-34)12-44-32)25(46-31)14-41-27(37)10-26(35)36)48-47-17-1-2-21-19(7-17)28-20(13-40-21)18-8-23-24(43-15-42-23)9-22(18)45-28/h1-4,7-9,16,20,25,28-31,34,38H,5-6,10-15,33H2,(H,35,36)/t16-,20-,25-,28-,29-,30-,31-,32-/m1/s1. The highest BCUT2D eigenvalue weighted by atomic mass is 17.2. The molecule has 7 rings (SSSR count). The molecule has 258 valence electrons. The summed E-state index contributed by atoms with van der Waals surface area (Å²) in [5, 5.41) is 30.4. The van der Waals surface area contributed by atoms with Gasteiger partial charge in [0.1, 0.15) is 48.4 Å². The zero-order valence-corrected chi connectivity index (χ0v) is 25.6. The van der Waals surface area contributed by atoms with Gasteiger partial charge in [0.05, 0.1) is 32.3 Å². The quantitative estimate of drug-likeness (QED) is 0.0850. The molecular formula is C32H35NO15. The fourth-order valence-corrected chi connectivity index (χ4v) is 6.40. The summed E-state index contributed by atoms with van der Waals surface area (Å²) in [6, 6.07) is 8.79. The number of aliphatic hydroxyl groups is 2. The molecule has 16 heteroatoms. The van der Waals surface area contributed by atoms with Crippen molar-refractivity contribution in [3.8, 4) is 28.7 Å². The molecule has 0 aromatic heterocycles. The monoisotopic (exact) mass is 673 g/mol. The Morgan fingerprint density at radius 3 is 2.60 bits per heavy atom. The van der Waals surface area contributed by atoms with E-state index in [9.17, 15) is 19.8 Å². The molecular weight excluding hydrogens is 638 g/mol. The van der Waals surface area contributed by atoms with Gasteiger partial charge in [0.2, 0.25) is 6.79 Å². The van der Waals surface area contributed by atoms with Crippen molar-refractivity contribution in [1.29, 1.82) is 0 Å². The van der Waals surface area contributed by atoms with Crippen LogP contribution in [-0.2, 0) is 33.4 Å². The van der Waals surface area contributed by atoms with Crippen molar-refractivity contribution in [3.63, 3.8) is 0 Å². The highest BCUT2D eigenvalue weighted by molar-refractivity contribution is 5.90. The second-order valence-electron chi connectivity index (χ2n) is 11.9. The molecule has 1 saturated heterocycles. The van der Waals surface area contributed by atoms with Gasteiger partial charge in [-0.15, -0.1) is 0 Å². The summed E-state index contributed by atoms with van der Waals surface area (Å²) in [6.45, 7) is -0.0364. The number of aliphatic hydroxyl groups excluding tert-OH is 2. The first-order valence-electron chi connectivity index (χ1n) is 15.5. The predicted molar refractivity (Wildman–Crippen MR) is 157 cm³/mol. The van der Waals surface area contributed by atoms with Crippen LogP contribution in [0.2, 0.25) is 0 Å². The molecule has 5 aliphatic rings. The van der Waals surface area contributed by atoms with Crippen LogP contribution in [0, 0.1) is 5.92 Å². The number of hydrogen-bond donors (Lipinski definition) is 4. The van der Waals surface area contributed by atoms with E-state index in [1.54, 1.807) is 24.3 Å². The van der Waals surface area contributed by atoms with E-state index in [0.717, 1.165) is 11.1 Å². The van der Waals surface area contributed by atoms with Crippen LogP contribution < -0.4 is 29.6 Å². The van der Waals surface area contributed by atoms with E-state index in [1.807, 2.05) is 12.1 Å². The summed E-state index contributed by atoms with van der Waals surface area (Å²) in [7, 11) is 0. The van der Waals surface area contributed by atoms with E-state index in [0.29, 0.717) is 29.6 Å². The zero-order chi connectivity index (χ0) is 33.4. The van der Waals surface area contributed by atoms with Crippen molar-refractivity contribution >= 4 is 11.9 Å². The highest BCUT2D eigenvalue weighted by Crippen LogP contribution is 2.54. The molecule has 1 spiro atoms. The summed E-state index contributed by atoms with van der Waals surface area (Å²) in [5.74, 6) is -0.0506. The third kappa shape index (κ3) is 6.00. The molecule has 0 unspecified atom stereocenters. The Kier molecular flexibility index (Phi) is 9.04. The first-order chi connectivity index (χ1) is 23.3. The summed E-state index contributed by atoms with van der Waals surface area (Å²) in [5.41, 5.74) is 5.67. The predicted octanol–water partition coefficient (Wildman–Crippen LogP) is 0.717. The van der Waals surface area contributed by atoms with E-state index in [-0.39, 0.29) is 56.8 Å². The van der Waals surface area contributed by atoms with Crippen LogP contribution in [0.3, 0.4) is 0 Å². The molecule has 5 heterocycles. The molecule has 0 aliphatic carbocycles. The smallest absolute Gasteiger partial charge is 0.317 e. The SMILES string of the molecule is NCCO[C@@H]1O[C@H](COC(=O)CC(=O)O)[C@]2(C=C[C@H](CO)CO2)[C@H](O)[C@H]1OOc1ccc2c(c1)[C@H]1Oc3cc4c(cc3[C@H]1CO2)OCO4. The fraction of sp³-hybridized carbons (Fsp3) is 0.500. The van der Waals surface area contributed by atoms with Crippen molar-refractivity contribution in [3.05, 3.63) is 53.6 Å². The van der Waals surface area contributed by atoms with Crippen LogP contribution in [0.15, 0.2) is 42.5 Å². The zero-order valence-electron chi connectivity index (χ0n) is 25.6. The van der Waals surface area contributed by atoms with Gasteiger partial charge in [-0.25, -0.2) is 0 Å². The van der Waals surface area contributed by atoms with E-state index in [1.165, 1.54) is 6.08 Å². The summed E-state index contributed by atoms with van der Waals surface area (Å²) in [4.78, 5) is 34.6. The number of carbonyl (C=O) groups is 2. The number of rotatable bonds is 11. The maximum atomic E-state index is 12.1. The minimum Gasteiger partial charge on any atom is -0.492 e. The molecule has 0 saturated carbocycles. The number of carbonyl (C=O) groups excluding carboxylic acids is 1. The molecule has 48 heavy (non-hydrogen) atoms. The Hall–Kier alpha value is -4.16. The lowest BCUT2D eigenvalue weighted by atomic mass is 9.81. The van der Waals surface area contributed by atoms with Crippen LogP contribution in [0.5, 0.6) is 28.7 Å². The van der Waals surface area contributed by atoms with Gasteiger partial charge < -0.3 is 63.8 Å². The van der Waals surface area contributed by atoms with Crippen molar-refractivity contribution in [2.75, 3.05) is 46.4 Å². The number of nitrogens with two attached hydrogens (primary N) is 1. The molecule has 5 aliphatic heterocycles. The summed E-state index contributed by atoms with van der Waals surface area (Å²) in [6.07, 6.45) is -3.41. The lowest BCUT2D eigenvalue weighted by molar-refractivity contribution is -0.389. The Morgan fingerprint density at radius 1 is 1.02 bits per heavy atom. The van der Waals surface area contributed by atoms with Crippen molar-refractivity contribution < 1.29 is 72.6 Å². The lowest BCUT2D eigenvalue weighted by Gasteiger charge is -2.51. The van der Waals surface area contributed by atoms with Crippen LogP contribution in [0.1, 0.15) is 29.6 Å². The Balaban J connectivity index is 1.11. The van der Waals surface area contributed by atoms with Crippen molar-refractivity contribution in [1.82, 2.24) is 0 Å². The molecule has 8 atom stereocenters. The molecule has 5 N–H and O–H groups in total. The van der Waals surface area contributed by atoms with E-state index in [4.69, 9.17) is 58.5 Å². The first kappa shape index (κ1) is 32.4. The third-order valence-corrected chi connectivity index (χ3v) is 8.83. The average Bonchev–Trinajstić information content (AvgIpc) is 3.70. The van der Waals surface area contributed by atoms with E-state index >= 15 is 0 Å². The second kappa shape index (κ2) is 13.4. The number of hydrogen-bond acceptors (Lipinski definition) is 15. The normalized spacial score (nSPS) is 30.9. The minimum absolute atomic E-state index is 0.00804. The Bertz CT molecular complexity index is 1570. The van der Waals surface area contributed by atoms with Gasteiger partial charge in [0.15, 0.2) is 29.6 Å². The van der Waals surface area contributed by atoms with Crippen LogP contribution >= 0.6 is 0 Å². The summed E-state index contributed by atoms with van der Waals surface area (Å²) >= 11 is 0. The van der Waals surface area contributed by atoms with Gasteiger partial charge in [-0.1, -0.05) is 12.2 Å². The molecule has 0 radical (unpaired) electrons. The lowest BCUT2D eigenvalue weighted by Crippen LogP contribution is -2.69. The number of aliphatic carboxylic acids is 1. The first-order valence-corrected chi connectivity index (χ1v) is 15.5. The highest BCUT2D eigenvalue weighted by Gasteiger charge is 2.59. The molecule has 0 amide bonds.